The molecule has 5 heteroatoms. The molecule has 2 N–H and O–H groups in total. The number of carbonyl (C=O) groups excluding carboxylic acids is 2. The Morgan fingerprint density at radius 1 is 1.00 bits per heavy atom. The van der Waals surface area contributed by atoms with Crippen LogP contribution in [-0.4, -0.2) is 11.8 Å². The molecule has 0 aliphatic rings. The zero-order valence-electron chi connectivity index (χ0n) is 13.2. The molecule has 0 radical (unpaired) electrons. The molecule has 0 unspecified atom stereocenters. The highest BCUT2D eigenvalue weighted by molar-refractivity contribution is 9.10. The lowest BCUT2D eigenvalue weighted by Gasteiger charge is -2.09. The third kappa shape index (κ3) is 5.21. The summed E-state index contributed by atoms with van der Waals surface area (Å²) in [6, 6.07) is 13.2. The standard InChI is InChI=1S/C18H19BrN2O2/c1-3-13-5-7-14(8-6-13)20-17(22)11-18(23)21-16-9-4-12(2)10-15(16)19/h4-10H,3,11H2,1-2H3,(H,20,22)(H,21,23). The van der Waals surface area contributed by atoms with Crippen LogP contribution in [0.3, 0.4) is 0 Å². The van der Waals surface area contributed by atoms with E-state index in [1.165, 1.54) is 5.56 Å². The molecule has 0 spiro atoms. The molecule has 0 atom stereocenters. The fraction of sp³-hybridized carbons (Fsp3) is 0.222. The Balaban J connectivity index is 1.90. The zero-order valence-corrected chi connectivity index (χ0v) is 14.7. The Bertz CT molecular complexity index is 711. The minimum absolute atomic E-state index is 0.226. The number of hydrogen-bond donors (Lipinski definition) is 2. The molecule has 4 nitrogen and oxygen atoms in total. The number of rotatable bonds is 5. The van der Waals surface area contributed by atoms with Crippen molar-refractivity contribution in [2.75, 3.05) is 10.6 Å². The Morgan fingerprint density at radius 3 is 2.26 bits per heavy atom. The number of benzene rings is 2. The number of halogens is 1. The summed E-state index contributed by atoms with van der Waals surface area (Å²) in [6.07, 6.45) is 0.720. The maximum absolute atomic E-state index is 12.0. The first kappa shape index (κ1) is 17.2. The van der Waals surface area contributed by atoms with Crippen LogP contribution in [-0.2, 0) is 16.0 Å². The second kappa shape index (κ2) is 7.92. The van der Waals surface area contributed by atoms with E-state index >= 15 is 0 Å². The molecule has 2 amide bonds. The third-order valence-electron chi connectivity index (χ3n) is 3.37. The van der Waals surface area contributed by atoms with Gasteiger partial charge in [-0.15, -0.1) is 0 Å². The highest BCUT2D eigenvalue weighted by Crippen LogP contribution is 2.23. The van der Waals surface area contributed by atoms with Gasteiger partial charge in [-0.25, -0.2) is 0 Å². The molecule has 0 aliphatic heterocycles. The van der Waals surface area contributed by atoms with E-state index in [4.69, 9.17) is 0 Å². The van der Waals surface area contributed by atoms with Crippen molar-refractivity contribution >= 4 is 39.1 Å². The van der Waals surface area contributed by atoms with Crippen LogP contribution in [0.5, 0.6) is 0 Å². The van der Waals surface area contributed by atoms with E-state index < -0.39 is 0 Å². The van der Waals surface area contributed by atoms with Gasteiger partial charge in [0.25, 0.3) is 0 Å². The molecule has 0 aliphatic carbocycles. The molecule has 2 rings (SSSR count). The summed E-state index contributed by atoms with van der Waals surface area (Å²) in [5, 5.41) is 5.45. The van der Waals surface area contributed by atoms with Crippen molar-refractivity contribution in [1.82, 2.24) is 0 Å². The molecule has 0 saturated carbocycles. The van der Waals surface area contributed by atoms with E-state index in [9.17, 15) is 9.59 Å². The van der Waals surface area contributed by atoms with E-state index in [1.54, 1.807) is 6.07 Å². The van der Waals surface area contributed by atoms with Crippen molar-refractivity contribution < 1.29 is 9.59 Å². The minimum atomic E-state index is -0.350. The molecule has 0 aromatic heterocycles. The number of nitrogens with one attached hydrogen (secondary N) is 2. The van der Waals surface area contributed by atoms with E-state index in [0.29, 0.717) is 11.4 Å². The van der Waals surface area contributed by atoms with Crippen LogP contribution in [0.15, 0.2) is 46.9 Å². The summed E-state index contributed by atoms with van der Waals surface area (Å²) < 4.78 is 0.793. The van der Waals surface area contributed by atoms with E-state index in [1.807, 2.05) is 43.3 Å². The van der Waals surface area contributed by atoms with Gasteiger partial charge in [-0.1, -0.05) is 25.1 Å². The van der Waals surface area contributed by atoms with Gasteiger partial charge in [0.15, 0.2) is 0 Å². The summed E-state index contributed by atoms with van der Waals surface area (Å²) in [5.41, 5.74) is 3.63. The number of carbonyl (C=O) groups is 2. The van der Waals surface area contributed by atoms with Gasteiger partial charge >= 0.3 is 0 Å². The van der Waals surface area contributed by atoms with Crippen LogP contribution in [0, 0.1) is 6.92 Å². The van der Waals surface area contributed by atoms with E-state index in [-0.39, 0.29) is 18.2 Å². The summed E-state index contributed by atoms with van der Waals surface area (Å²) in [5.74, 6) is -0.688. The van der Waals surface area contributed by atoms with Gasteiger partial charge in [0, 0.05) is 10.2 Å². The molecule has 2 aromatic carbocycles. The highest BCUT2D eigenvalue weighted by Gasteiger charge is 2.11. The quantitative estimate of drug-likeness (QED) is 0.766. The van der Waals surface area contributed by atoms with Crippen molar-refractivity contribution in [3.8, 4) is 0 Å². The van der Waals surface area contributed by atoms with Crippen molar-refractivity contribution in [2.24, 2.45) is 0 Å². The monoisotopic (exact) mass is 374 g/mol. The second-order valence-corrected chi connectivity index (χ2v) is 6.16. The molecule has 0 fully saturated rings. The van der Waals surface area contributed by atoms with Crippen LogP contribution in [0.25, 0.3) is 0 Å². The lowest BCUT2D eigenvalue weighted by atomic mass is 10.1. The van der Waals surface area contributed by atoms with Gasteiger partial charge in [-0.05, 0) is 64.7 Å². The number of anilines is 2. The van der Waals surface area contributed by atoms with Crippen LogP contribution < -0.4 is 10.6 Å². The van der Waals surface area contributed by atoms with Gasteiger partial charge in [-0.3, -0.25) is 9.59 Å². The van der Waals surface area contributed by atoms with Gasteiger partial charge < -0.3 is 10.6 Å². The van der Waals surface area contributed by atoms with Crippen molar-refractivity contribution in [3.63, 3.8) is 0 Å². The van der Waals surface area contributed by atoms with E-state index in [0.717, 1.165) is 16.5 Å². The van der Waals surface area contributed by atoms with Gasteiger partial charge in [-0.2, -0.15) is 0 Å². The maximum Gasteiger partial charge on any atom is 0.233 e. The molecule has 0 bridgehead atoms. The summed E-state index contributed by atoms with van der Waals surface area (Å²) in [7, 11) is 0. The molecule has 0 saturated heterocycles. The second-order valence-electron chi connectivity index (χ2n) is 5.31. The highest BCUT2D eigenvalue weighted by atomic mass is 79.9. The Morgan fingerprint density at radius 2 is 1.65 bits per heavy atom. The lowest BCUT2D eigenvalue weighted by molar-refractivity contribution is -0.123. The first-order chi connectivity index (χ1) is 11.0. The smallest absolute Gasteiger partial charge is 0.233 e. The fourth-order valence-electron chi connectivity index (χ4n) is 2.09. The van der Waals surface area contributed by atoms with Crippen LogP contribution in [0.4, 0.5) is 11.4 Å². The first-order valence-corrected chi connectivity index (χ1v) is 8.22. The molecular formula is C18H19BrN2O2. The Kier molecular flexibility index (Phi) is 5.93. The summed E-state index contributed by atoms with van der Waals surface area (Å²) in [6.45, 7) is 4.04. The maximum atomic E-state index is 12.0. The van der Waals surface area contributed by atoms with Crippen LogP contribution in [0.1, 0.15) is 24.5 Å². The van der Waals surface area contributed by atoms with Crippen LogP contribution in [0.2, 0.25) is 0 Å². The average molecular weight is 375 g/mol. The lowest BCUT2D eigenvalue weighted by Crippen LogP contribution is -2.21. The zero-order chi connectivity index (χ0) is 16.8. The number of hydrogen-bond acceptors (Lipinski definition) is 2. The van der Waals surface area contributed by atoms with Crippen molar-refractivity contribution in [3.05, 3.63) is 58.1 Å². The summed E-state index contributed by atoms with van der Waals surface area (Å²) in [4.78, 5) is 23.9. The van der Waals surface area contributed by atoms with Gasteiger partial charge in [0.2, 0.25) is 11.8 Å². The van der Waals surface area contributed by atoms with E-state index in [2.05, 4.69) is 33.5 Å². The molecular weight excluding hydrogens is 356 g/mol. The van der Waals surface area contributed by atoms with Crippen LogP contribution >= 0.6 is 15.9 Å². The SMILES string of the molecule is CCc1ccc(NC(=O)CC(=O)Nc2ccc(C)cc2Br)cc1. The predicted octanol–water partition coefficient (Wildman–Crippen LogP) is 4.29. The summed E-state index contributed by atoms with van der Waals surface area (Å²) >= 11 is 3.39. The normalized spacial score (nSPS) is 10.2. The number of aryl methyl sites for hydroxylation is 2. The fourth-order valence-corrected chi connectivity index (χ4v) is 2.68. The third-order valence-corrected chi connectivity index (χ3v) is 4.02. The predicted molar refractivity (Wildman–Crippen MR) is 96.6 cm³/mol. The minimum Gasteiger partial charge on any atom is -0.326 e. The largest absolute Gasteiger partial charge is 0.326 e. The molecule has 120 valence electrons. The van der Waals surface area contributed by atoms with Crippen molar-refractivity contribution in [1.29, 1.82) is 0 Å². The molecule has 2 aromatic rings. The topological polar surface area (TPSA) is 58.2 Å². The first-order valence-electron chi connectivity index (χ1n) is 7.42. The number of amides is 2. The Hall–Kier alpha value is -2.14. The van der Waals surface area contributed by atoms with Crippen molar-refractivity contribution in [2.45, 2.75) is 26.7 Å². The average Bonchev–Trinajstić information content (AvgIpc) is 2.50. The van der Waals surface area contributed by atoms with Gasteiger partial charge in [0.1, 0.15) is 6.42 Å². The Labute approximate surface area is 144 Å². The van der Waals surface area contributed by atoms with Gasteiger partial charge in [0.05, 0.1) is 5.69 Å². The molecule has 0 heterocycles. The molecule has 23 heavy (non-hydrogen) atoms.